The van der Waals surface area contributed by atoms with Gasteiger partial charge in [-0.05, 0) is 12.8 Å². The van der Waals surface area contributed by atoms with E-state index in [0.29, 0.717) is 19.8 Å². The molecule has 5 nitrogen and oxygen atoms in total. The molecule has 0 saturated heterocycles. The molecule has 0 fully saturated rings. The fraction of sp³-hybridized carbons (Fsp3) is 1.00. The van der Waals surface area contributed by atoms with Crippen LogP contribution in [0.15, 0.2) is 0 Å². The summed E-state index contributed by atoms with van der Waals surface area (Å²) in [5, 5.41) is 0. The van der Waals surface area contributed by atoms with Crippen molar-refractivity contribution in [2.24, 2.45) is 11.6 Å². The monoisotopic (exact) mass is 178 g/mol. The summed E-state index contributed by atoms with van der Waals surface area (Å²) >= 11 is 0. The van der Waals surface area contributed by atoms with Crippen molar-refractivity contribution in [2.75, 3.05) is 33.2 Å². The molecule has 4 N–H and O–H groups in total. The lowest BCUT2D eigenvalue weighted by atomic mass is 10.3. The van der Waals surface area contributed by atoms with Crippen LogP contribution in [0.2, 0.25) is 0 Å². The minimum Gasteiger partial charge on any atom is -0.380 e. The van der Waals surface area contributed by atoms with Crippen molar-refractivity contribution < 1.29 is 14.3 Å². The maximum absolute atomic E-state index is 5.23. The molecule has 0 atom stereocenters. The highest BCUT2D eigenvalue weighted by Gasteiger charge is 1.89. The molecule has 5 heteroatoms. The first-order valence-corrected chi connectivity index (χ1v) is 4.09. The smallest absolute Gasteiger partial charge is 0.166 e. The van der Waals surface area contributed by atoms with Gasteiger partial charge in [0.05, 0.1) is 6.61 Å². The third-order valence-corrected chi connectivity index (χ3v) is 1.24. The van der Waals surface area contributed by atoms with Crippen LogP contribution in [0.5, 0.6) is 0 Å². The second kappa shape index (κ2) is 10.8. The van der Waals surface area contributed by atoms with Crippen molar-refractivity contribution in [2.45, 2.75) is 12.8 Å². The molecule has 0 radical (unpaired) electrons. The fourth-order valence-electron chi connectivity index (χ4n) is 0.701. The lowest BCUT2D eigenvalue weighted by Crippen LogP contribution is -2.10. The topological polar surface area (TPSA) is 79.7 Å². The largest absolute Gasteiger partial charge is 0.380 e. The van der Waals surface area contributed by atoms with Gasteiger partial charge in [-0.25, -0.2) is 5.90 Å². The van der Waals surface area contributed by atoms with Gasteiger partial charge in [0.25, 0.3) is 0 Å². The van der Waals surface area contributed by atoms with Gasteiger partial charge in [0.1, 0.15) is 0 Å². The molecule has 0 aromatic heterocycles. The molecule has 0 saturated carbocycles. The van der Waals surface area contributed by atoms with Gasteiger partial charge in [0.15, 0.2) is 6.79 Å². The van der Waals surface area contributed by atoms with Crippen molar-refractivity contribution in [3.8, 4) is 0 Å². The minimum absolute atomic E-state index is 0.156. The molecule has 0 aromatic carbocycles. The van der Waals surface area contributed by atoms with Crippen LogP contribution in [0, 0.1) is 0 Å². The molecule has 0 spiro atoms. The summed E-state index contributed by atoms with van der Waals surface area (Å²) in [6, 6.07) is 0. The van der Waals surface area contributed by atoms with E-state index in [1.807, 2.05) is 0 Å². The van der Waals surface area contributed by atoms with E-state index < -0.39 is 0 Å². The van der Waals surface area contributed by atoms with E-state index in [1.165, 1.54) is 0 Å². The zero-order valence-corrected chi connectivity index (χ0v) is 7.33. The molecular weight excluding hydrogens is 160 g/mol. The highest BCUT2D eigenvalue weighted by molar-refractivity contribution is 4.38. The molecule has 12 heavy (non-hydrogen) atoms. The number of nitrogens with two attached hydrogens (primary N) is 2. The Morgan fingerprint density at radius 3 is 2.17 bits per heavy atom. The summed E-state index contributed by atoms with van der Waals surface area (Å²) in [5.74, 6) is 4.75. The van der Waals surface area contributed by atoms with E-state index in [4.69, 9.17) is 21.1 Å². The first-order valence-electron chi connectivity index (χ1n) is 4.09. The Hall–Kier alpha value is -0.200. The Bertz CT molecular complexity index is 73.1. The maximum Gasteiger partial charge on any atom is 0.166 e. The Morgan fingerprint density at radius 1 is 0.917 bits per heavy atom. The molecule has 0 bridgehead atoms. The van der Waals surface area contributed by atoms with E-state index in [2.05, 4.69) is 4.84 Å². The predicted octanol–water partition coefficient (Wildman–Crippen LogP) is -0.394. The molecule has 0 aliphatic carbocycles. The summed E-state index contributed by atoms with van der Waals surface area (Å²) < 4.78 is 10.1. The lowest BCUT2D eigenvalue weighted by molar-refractivity contribution is -0.0571. The second-order valence-electron chi connectivity index (χ2n) is 2.30. The van der Waals surface area contributed by atoms with Crippen LogP contribution in [0.1, 0.15) is 12.8 Å². The van der Waals surface area contributed by atoms with E-state index in [9.17, 15) is 0 Å². The second-order valence-corrected chi connectivity index (χ2v) is 2.30. The van der Waals surface area contributed by atoms with Crippen LogP contribution in [0.3, 0.4) is 0 Å². The number of unbranched alkanes of at least 4 members (excludes halogenated alkanes) is 1. The Labute approximate surface area is 72.9 Å². The van der Waals surface area contributed by atoms with Gasteiger partial charge < -0.3 is 15.2 Å². The van der Waals surface area contributed by atoms with Crippen molar-refractivity contribution in [1.29, 1.82) is 0 Å². The summed E-state index contributed by atoms with van der Waals surface area (Å²) in [7, 11) is 0. The summed E-state index contributed by atoms with van der Waals surface area (Å²) in [6.45, 7) is 2.77. The zero-order valence-electron chi connectivity index (χ0n) is 7.33. The summed E-state index contributed by atoms with van der Waals surface area (Å²) in [6.07, 6.45) is 1.93. The Morgan fingerprint density at radius 2 is 1.58 bits per heavy atom. The van der Waals surface area contributed by atoms with Gasteiger partial charge in [-0.2, -0.15) is 0 Å². The highest BCUT2D eigenvalue weighted by atomic mass is 16.7. The third-order valence-electron chi connectivity index (χ3n) is 1.24. The quantitative estimate of drug-likeness (QED) is 0.285. The molecule has 0 aliphatic rings. The van der Waals surface area contributed by atoms with Crippen LogP contribution in [0.4, 0.5) is 0 Å². The minimum atomic E-state index is 0.156. The first-order chi connectivity index (χ1) is 5.91. The van der Waals surface area contributed by atoms with Gasteiger partial charge in [0.2, 0.25) is 0 Å². The fourth-order valence-corrected chi connectivity index (χ4v) is 0.701. The molecular formula is C7H18N2O3. The lowest BCUT2D eigenvalue weighted by Gasteiger charge is -2.02. The third kappa shape index (κ3) is 9.80. The highest BCUT2D eigenvalue weighted by Crippen LogP contribution is 1.90. The zero-order chi connectivity index (χ0) is 9.07. The first kappa shape index (κ1) is 11.8. The van der Waals surface area contributed by atoms with Crippen molar-refractivity contribution in [3.05, 3.63) is 0 Å². The molecule has 0 heterocycles. The number of hydrogen-bond donors (Lipinski definition) is 2. The van der Waals surface area contributed by atoms with E-state index in [1.54, 1.807) is 0 Å². The average molecular weight is 178 g/mol. The van der Waals surface area contributed by atoms with Crippen LogP contribution in [-0.4, -0.2) is 33.2 Å². The SMILES string of the molecule is NCCOCCCCOCON. The normalized spacial score (nSPS) is 10.5. The molecule has 74 valence electrons. The number of rotatable bonds is 9. The van der Waals surface area contributed by atoms with Crippen molar-refractivity contribution in [3.63, 3.8) is 0 Å². The van der Waals surface area contributed by atoms with Crippen LogP contribution < -0.4 is 11.6 Å². The van der Waals surface area contributed by atoms with Crippen LogP contribution in [-0.2, 0) is 14.3 Å². The van der Waals surface area contributed by atoms with E-state index in [0.717, 1.165) is 19.4 Å². The molecule has 0 aliphatic heterocycles. The molecule has 0 aromatic rings. The molecule has 0 rings (SSSR count). The Kier molecular flexibility index (Phi) is 10.6. The van der Waals surface area contributed by atoms with Crippen LogP contribution >= 0.6 is 0 Å². The van der Waals surface area contributed by atoms with Crippen LogP contribution in [0.25, 0.3) is 0 Å². The van der Waals surface area contributed by atoms with E-state index >= 15 is 0 Å². The van der Waals surface area contributed by atoms with Gasteiger partial charge in [-0.3, -0.25) is 4.84 Å². The van der Waals surface area contributed by atoms with Gasteiger partial charge in [0, 0.05) is 19.8 Å². The van der Waals surface area contributed by atoms with E-state index in [-0.39, 0.29) is 6.79 Å². The number of ether oxygens (including phenoxy) is 2. The predicted molar refractivity (Wildman–Crippen MR) is 45.2 cm³/mol. The molecule has 0 unspecified atom stereocenters. The van der Waals surface area contributed by atoms with Gasteiger partial charge in [-0.15, -0.1) is 0 Å². The molecule has 0 amide bonds. The van der Waals surface area contributed by atoms with Crippen molar-refractivity contribution >= 4 is 0 Å². The standard InChI is InChI=1S/C7H18N2O3/c8-3-6-10-4-1-2-5-11-7-12-9/h1-9H2. The maximum atomic E-state index is 5.23. The van der Waals surface area contributed by atoms with Gasteiger partial charge in [-0.1, -0.05) is 0 Å². The Balaban J connectivity index is 2.73. The average Bonchev–Trinajstić information content (AvgIpc) is 2.10. The summed E-state index contributed by atoms with van der Waals surface area (Å²) in [4.78, 5) is 4.22. The van der Waals surface area contributed by atoms with Gasteiger partial charge >= 0.3 is 0 Å². The van der Waals surface area contributed by atoms with Crippen molar-refractivity contribution in [1.82, 2.24) is 0 Å². The summed E-state index contributed by atoms with van der Waals surface area (Å²) in [5.41, 5.74) is 5.23. The number of hydrogen-bond acceptors (Lipinski definition) is 5.